The number of carbonyl (C=O) groups is 1. The lowest BCUT2D eigenvalue weighted by atomic mass is 9.96. The molecular weight excluding hydrogens is 348 g/mol. The molecule has 0 spiro atoms. The van der Waals surface area contributed by atoms with Gasteiger partial charge in [0.2, 0.25) is 5.91 Å². The molecule has 0 bridgehead atoms. The molecule has 2 saturated heterocycles. The van der Waals surface area contributed by atoms with Crippen LogP contribution in [-0.4, -0.2) is 90.2 Å². The number of carbonyl (C=O) groups excluding carboxylic acids is 1. The number of rotatable bonds is 6. The van der Waals surface area contributed by atoms with Gasteiger partial charge in [-0.05, 0) is 45.8 Å². The van der Waals surface area contributed by atoms with Crippen LogP contribution in [0.5, 0.6) is 0 Å². The summed E-state index contributed by atoms with van der Waals surface area (Å²) in [6.45, 7) is 9.14. The lowest BCUT2D eigenvalue weighted by Gasteiger charge is -2.26. The maximum Gasteiger partial charge on any atom is 0.222 e. The van der Waals surface area contributed by atoms with E-state index in [1.807, 2.05) is 17.3 Å². The molecule has 0 aliphatic carbocycles. The Balaban J connectivity index is 1.51. The quantitative estimate of drug-likeness (QED) is 0.801. The zero-order chi connectivity index (χ0) is 18.5. The smallest absolute Gasteiger partial charge is 0.222 e. The molecule has 3 rings (SSSR count). The fraction of sp³-hybridized carbons (Fsp3) is 0.789. The maximum absolute atomic E-state index is 12.7. The van der Waals surface area contributed by atoms with Crippen molar-refractivity contribution < 1.29 is 9.90 Å². The molecule has 1 N–H and O–H groups in total. The Morgan fingerprint density at radius 1 is 1.27 bits per heavy atom. The minimum atomic E-state index is 0.177. The number of thiazole rings is 1. The summed E-state index contributed by atoms with van der Waals surface area (Å²) in [7, 11) is 2.18. The van der Waals surface area contributed by atoms with Crippen molar-refractivity contribution in [1.29, 1.82) is 0 Å². The van der Waals surface area contributed by atoms with E-state index < -0.39 is 0 Å². The van der Waals surface area contributed by atoms with E-state index in [0.29, 0.717) is 18.9 Å². The number of amides is 1. The van der Waals surface area contributed by atoms with E-state index in [1.165, 1.54) is 11.3 Å². The van der Waals surface area contributed by atoms with Crippen LogP contribution in [0.4, 0.5) is 0 Å². The average molecular weight is 381 g/mol. The van der Waals surface area contributed by atoms with Crippen molar-refractivity contribution in [3.05, 3.63) is 16.1 Å². The molecule has 2 aliphatic heterocycles. The summed E-state index contributed by atoms with van der Waals surface area (Å²) in [4.78, 5) is 25.0. The minimum Gasteiger partial charge on any atom is -0.396 e. The molecular formula is C19H32N4O2S. The summed E-state index contributed by atoms with van der Waals surface area (Å²) in [5, 5.41) is 9.81. The lowest BCUT2D eigenvalue weighted by molar-refractivity contribution is -0.130. The molecule has 1 aromatic rings. The number of hydrogen-bond acceptors (Lipinski definition) is 6. The van der Waals surface area contributed by atoms with Crippen LogP contribution in [0, 0.1) is 18.8 Å². The molecule has 1 aromatic heterocycles. The number of nitrogens with zero attached hydrogens (tertiary/aromatic N) is 4. The summed E-state index contributed by atoms with van der Waals surface area (Å²) < 4.78 is 0. The molecule has 26 heavy (non-hydrogen) atoms. The van der Waals surface area contributed by atoms with Crippen molar-refractivity contribution >= 4 is 17.2 Å². The lowest BCUT2D eigenvalue weighted by Crippen LogP contribution is -2.36. The first-order valence-corrected chi connectivity index (χ1v) is 10.6. The number of hydrogen-bond donors (Lipinski definition) is 1. The monoisotopic (exact) mass is 380 g/mol. The fourth-order valence-electron chi connectivity index (χ4n) is 4.11. The highest BCUT2D eigenvalue weighted by Crippen LogP contribution is 2.26. The molecule has 0 unspecified atom stereocenters. The van der Waals surface area contributed by atoms with Crippen LogP contribution in [0.15, 0.2) is 5.51 Å². The van der Waals surface area contributed by atoms with Crippen molar-refractivity contribution in [2.45, 2.75) is 26.2 Å². The van der Waals surface area contributed by atoms with E-state index in [1.54, 1.807) is 11.3 Å². The highest BCUT2D eigenvalue weighted by atomic mass is 32.1. The Bertz CT molecular complexity index is 594. The van der Waals surface area contributed by atoms with E-state index in [2.05, 4.69) is 21.8 Å². The Kier molecular flexibility index (Phi) is 7.03. The van der Waals surface area contributed by atoms with Gasteiger partial charge in [-0.2, -0.15) is 0 Å². The van der Waals surface area contributed by atoms with Crippen LogP contribution in [-0.2, 0) is 11.2 Å². The van der Waals surface area contributed by atoms with Crippen molar-refractivity contribution in [2.75, 3.05) is 59.5 Å². The van der Waals surface area contributed by atoms with Crippen LogP contribution >= 0.6 is 11.3 Å². The molecule has 2 fully saturated rings. The van der Waals surface area contributed by atoms with E-state index >= 15 is 0 Å². The second-order valence-corrected chi connectivity index (χ2v) is 8.76. The van der Waals surface area contributed by atoms with E-state index in [9.17, 15) is 9.90 Å². The van der Waals surface area contributed by atoms with Gasteiger partial charge in [-0.15, -0.1) is 11.3 Å². The zero-order valence-electron chi connectivity index (χ0n) is 16.1. The third kappa shape index (κ3) is 5.03. The number of aryl methyl sites for hydroxylation is 2. The average Bonchev–Trinajstić information content (AvgIpc) is 3.17. The molecule has 1 amide bonds. The largest absolute Gasteiger partial charge is 0.396 e. The second kappa shape index (κ2) is 9.26. The van der Waals surface area contributed by atoms with Crippen molar-refractivity contribution in [1.82, 2.24) is 19.7 Å². The maximum atomic E-state index is 12.7. The molecule has 0 radical (unpaired) electrons. The SMILES string of the molecule is Cc1ncsc1CCC(=O)N1C[C@@H](CN2CCCN(C)CC2)[C@@H](CO)C1. The molecule has 146 valence electrons. The van der Waals surface area contributed by atoms with Gasteiger partial charge < -0.3 is 19.8 Å². The van der Waals surface area contributed by atoms with Crippen molar-refractivity contribution in [2.24, 2.45) is 11.8 Å². The summed E-state index contributed by atoms with van der Waals surface area (Å²) in [5.74, 6) is 0.817. The molecule has 0 aromatic carbocycles. The predicted molar refractivity (Wildman–Crippen MR) is 104 cm³/mol. The van der Waals surface area contributed by atoms with Gasteiger partial charge in [-0.3, -0.25) is 4.79 Å². The normalized spacial score (nSPS) is 25.6. The molecule has 7 heteroatoms. The van der Waals surface area contributed by atoms with Gasteiger partial charge in [-0.25, -0.2) is 4.98 Å². The van der Waals surface area contributed by atoms with Crippen LogP contribution in [0.3, 0.4) is 0 Å². The van der Waals surface area contributed by atoms with Crippen LogP contribution in [0.2, 0.25) is 0 Å². The van der Waals surface area contributed by atoms with Gasteiger partial charge in [0.05, 0.1) is 11.2 Å². The van der Waals surface area contributed by atoms with Crippen LogP contribution < -0.4 is 0 Å². The number of aliphatic hydroxyl groups excluding tert-OH is 1. The van der Waals surface area contributed by atoms with Crippen LogP contribution in [0.1, 0.15) is 23.4 Å². The number of aromatic nitrogens is 1. The third-order valence-corrected chi connectivity index (χ3v) is 6.87. The number of likely N-dealkylation sites (tertiary alicyclic amines) is 1. The van der Waals surface area contributed by atoms with Crippen LogP contribution in [0.25, 0.3) is 0 Å². The number of likely N-dealkylation sites (N-methyl/N-ethyl adjacent to an activating group) is 1. The summed E-state index contributed by atoms with van der Waals surface area (Å²) in [6, 6.07) is 0. The van der Waals surface area contributed by atoms with Crippen molar-refractivity contribution in [3.63, 3.8) is 0 Å². The van der Waals surface area contributed by atoms with Gasteiger partial charge in [0, 0.05) is 56.5 Å². The fourth-order valence-corrected chi connectivity index (χ4v) is 4.90. The van der Waals surface area contributed by atoms with Gasteiger partial charge in [0.15, 0.2) is 0 Å². The van der Waals surface area contributed by atoms with Gasteiger partial charge in [-0.1, -0.05) is 0 Å². The first-order chi connectivity index (χ1) is 12.6. The molecule has 2 aliphatic rings. The zero-order valence-corrected chi connectivity index (χ0v) is 16.9. The first-order valence-electron chi connectivity index (χ1n) is 9.75. The second-order valence-electron chi connectivity index (χ2n) is 7.82. The third-order valence-electron chi connectivity index (χ3n) is 5.88. The van der Waals surface area contributed by atoms with E-state index in [4.69, 9.17) is 0 Å². The van der Waals surface area contributed by atoms with E-state index in [-0.39, 0.29) is 18.4 Å². The summed E-state index contributed by atoms with van der Waals surface area (Å²) in [5.41, 5.74) is 2.89. The first kappa shape index (κ1) is 19.7. The Labute approximate surface area is 160 Å². The Morgan fingerprint density at radius 2 is 2.08 bits per heavy atom. The predicted octanol–water partition coefficient (Wildman–Crippen LogP) is 1.09. The standard InChI is InChI=1S/C19H32N4O2S/c1-15-18(26-14-20-15)4-5-19(25)23-11-16(17(12-23)13-24)10-22-7-3-6-21(2)8-9-22/h14,16-17,24H,3-13H2,1-2H3/t16-,17-/m1/s1. The molecule has 3 heterocycles. The summed E-state index contributed by atoms with van der Waals surface area (Å²) in [6.07, 6.45) is 2.52. The van der Waals surface area contributed by atoms with Gasteiger partial charge in [0.1, 0.15) is 0 Å². The Hall–Kier alpha value is -1.02. The van der Waals surface area contributed by atoms with E-state index in [0.717, 1.165) is 51.4 Å². The molecule has 6 nitrogen and oxygen atoms in total. The topological polar surface area (TPSA) is 59.9 Å². The van der Waals surface area contributed by atoms with Gasteiger partial charge in [0.25, 0.3) is 0 Å². The molecule has 2 atom stereocenters. The van der Waals surface area contributed by atoms with Gasteiger partial charge >= 0.3 is 0 Å². The number of aliphatic hydroxyl groups is 1. The summed E-state index contributed by atoms with van der Waals surface area (Å²) >= 11 is 1.63. The Morgan fingerprint density at radius 3 is 2.81 bits per heavy atom. The van der Waals surface area contributed by atoms with Crippen molar-refractivity contribution in [3.8, 4) is 0 Å². The molecule has 0 saturated carbocycles. The highest BCUT2D eigenvalue weighted by Gasteiger charge is 2.35. The minimum absolute atomic E-state index is 0.177. The highest BCUT2D eigenvalue weighted by molar-refractivity contribution is 7.09.